The predicted octanol–water partition coefficient (Wildman–Crippen LogP) is 1.55. The second kappa shape index (κ2) is 4.84. The van der Waals surface area contributed by atoms with Crippen LogP contribution in [0.25, 0.3) is 0 Å². The Morgan fingerprint density at radius 1 is 1.57 bits per heavy atom. The summed E-state index contributed by atoms with van der Waals surface area (Å²) in [7, 11) is 0. The zero-order chi connectivity index (χ0) is 10.1. The third-order valence-corrected chi connectivity index (χ3v) is 2.37. The molecule has 4 nitrogen and oxygen atoms in total. The number of hydrogen-bond donors (Lipinski definition) is 2. The molecule has 1 aliphatic heterocycles. The van der Waals surface area contributed by atoms with Gasteiger partial charge in [-0.05, 0) is 33.7 Å². The first-order valence-electron chi connectivity index (χ1n) is 4.65. The minimum absolute atomic E-state index is 0. The maximum Gasteiger partial charge on any atom is 0.407 e. The molecule has 0 aromatic rings. The van der Waals surface area contributed by atoms with E-state index in [0.717, 1.165) is 13.0 Å². The zero-order valence-corrected chi connectivity index (χ0v) is 9.73. The molecule has 14 heavy (non-hydrogen) atoms. The van der Waals surface area contributed by atoms with Crippen molar-refractivity contribution in [3.05, 3.63) is 0 Å². The molecular weight excluding hydrogens is 204 g/mol. The highest BCUT2D eigenvalue weighted by Crippen LogP contribution is 2.16. The maximum absolute atomic E-state index is 10.9. The normalized spacial score (nSPS) is 20.6. The lowest BCUT2D eigenvalue weighted by Gasteiger charge is -2.39. The van der Waals surface area contributed by atoms with E-state index in [9.17, 15) is 4.79 Å². The molecular formula is C9H19ClN2O2. The van der Waals surface area contributed by atoms with Gasteiger partial charge in [-0.1, -0.05) is 0 Å². The van der Waals surface area contributed by atoms with Crippen LogP contribution >= 0.6 is 12.4 Å². The fourth-order valence-electron chi connectivity index (χ4n) is 1.36. The molecule has 0 aromatic carbocycles. The van der Waals surface area contributed by atoms with Gasteiger partial charge in [0.2, 0.25) is 0 Å². The van der Waals surface area contributed by atoms with E-state index in [1.807, 2.05) is 20.8 Å². The highest BCUT2D eigenvalue weighted by atomic mass is 35.5. The van der Waals surface area contributed by atoms with E-state index in [-0.39, 0.29) is 17.9 Å². The van der Waals surface area contributed by atoms with Crippen molar-refractivity contribution in [2.45, 2.75) is 38.8 Å². The van der Waals surface area contributed by atoms with Gasteiger partial charge < -0.3 is 15.3 Å². The van der Waals surface area contributed by atoms with E-state index < -0.39 is 6.09 Å². The van der Waals surface area contributed by atoms with Crippen molar-refractivity contribution in [2.75, 3.05) is 13.1 Å². The third-order valence-electron chi connectivity index (χ3n) is 2.37. The molecule has 1 amide bonds. The summed E-state index contributed by atoms with van der Waals surface area (Å²) in [5.74, 6) is 0. The van der Waals surface area contributed by atoms with Crippen molar-refractivity contribution < 1.29 is 9.90 Å². The van der Waals surface area contributed by atoms with Gasteiger partial charge in [-0.15, -0.1) is 12.4 Å². The van der Waals surface area contributed by atoms with Crippen molar-refractivity contribution >= 4 is 18.5 Å². The number of halogens is 1. The summed E-state index contributed by atoms with van der Waals surface area (Å²) in [6, 6.07) is 0.357. The van der Waals surface area contributed by atoms with Crippen LogP contribution in [0.3, 0.4) is 0 Å². The highest BCUT2D eigenvalue weighted by Gasteiger charge is 2.30. The highest BCUT2D eigenvalue weighted by molar-refractivity contribution is 5.85. The molecule has 0 aromatic heterocycles. The van der Waals surface area contributed by atoms with Gasteiger partial charge in [0.15, 0.2) is 0 Å². The first-order chi connectivity index (χ1) is 5.91. The summed E-state index contributed by atoms with van der Waals surface area (Å²) in [5, 5.41) is 12.2. The molecule has 0 saturated carbocycles. The first-order valence-corrected chi connectivity index (χ1v) is 4.65. The van der Waals surface area contributed by atoms with Gasteiger partial charge in [0.05, 0.1) is 0 Å². The summed E-state index contributed by atoms with van der Waals surface area (Å²) in [6.45, 7) is 7.36. The molecule has 0 spiro atoms. The summed E-state index contributed by atoms with van der Waals surface area (Å²) in [4.78, 5) is 12.4. The Bertz CT molecular complexity index is 199. The number of carboxylic acid groups (broad SMARTS) is 1. The Morgan fingerprint density at radius 3 is 2.29 bits per heavy atom. The molecule has 0 radical (unpaired) electrons. The SMILES string of the molecule is CC(C)(C)N(C[C@H]1CCN1)C(=O)O.Cl. The van der Waals surface area contributed by atoms with Gasteiger partial charge in [0.1, 0.15) is 0 Å². The fraction of sp³-hybridized carbons (Fsp3) is 0.889. The Morgan fingerprint density at radius 2 is 2.07 bits per heavy atom. The van der Waals surface area contributed by atoms with Gasteiger partial charge in [0.25, 0.3) is 0 Å². The van der Waals surface area contributed by atoms with Crippen molar-refractivity contribution in [3.8, 4) is 0 Å². The molecule has 0 unspecified atom stereocenters. The maximum atomic E-state index is 10.9. The van der Waals surface area contributed by atoms with Crippen LogP contribution in [0.15, 0.2) is 0 Å². The molecule has 1 atom stereocenters. The van der Waals surface area contributed by atoms with Crippen molar-refractivity contribution in [1.29, 1.82) is 0 Å². The second-order valence-corrected chi connectivity index (χ2v) is 4.50. The molecule has 2 N–H and O–H groups in total. The lowest BCUT2D eigenvalue weighted by molar-refractivity contribution is 0.0859. The largest absolute Gasteiger partial charge is 0.465 e. The Kier molecular flexibility index (Phi) is 4.68. The zero-order valence-electron chi connectivity index (χ0n) is 8.91. The second-order valence-electron chi connectivity index (χ2n) is 4.50. The molecule has 0 bridgehead atoms. The minimum Gasteiger partial charge on any atom is -0.465 e. The standard InChI is InChI=1S/C9H18N2O2.ClH/c1-9(2,3)11(8(12)13)6-7-4-5-10-7;/h7,10H,4-6H2,1-3H3,(H,12,13);1H/t7-;/m1./s1. The van der Waals surface area contributed by atoms with Crippen molar-refractivity contribution in [1.82, 2.24) is 10.2 Å². The molecule has 1 aliphatic rings. The van der Waals surface area contributed by atoms with Gasteiger partial charge >= 0.3 is 6.09 Å². The van der Waals surface area contributed by atoms with E-state index in [4.69, 9.17) is 5.11 Å². The van der Waals surface area contributed by atoms with Crippen LogP contribution in [0.4, 0.5) is 4.79 Å². The average Bonchev–Trinajstić information content (AvgIpc) is 1.79. The number of amides is 1. The van der Waals surface area contributed by atoms with Crippen LogP contribution in [0.2, 0.25) is 0 Å². The summed E-state index contributed by atoms with van der Waals surface area (Å²) < 4.78 is 0. The van der Waals surface area contributed by atoms with Crippen LogP contribution in [0, 0.1) is 0 Å². The number of hydrogen-bond acceptors (Lipinski definition) is 2. The number of nitrogens with one attached hydrogen (secondary N) is 1. The Hall–Kier alpha value is -0.480. The van der Waals surface area contributed by atoms with E-state index >= 15 is 0 Å². The number of nitrogens with zero attached hydrogens (tertiary/aromatic N) is 1. The summed E-state index contributed by atoms with van der Waals surface area (Å²) in [5.41, 5.74) is -0.302. The Labute approximate surface area is 91.1 Å². The van der Waals surface area contributed by atoms with Crippen molar-refractivity contribution in [2.24, 2.45) is 0 Å². The molecule has 0 aliphatic carbocycles. The molecule has 1 saturated heterocycles. The minimum atomic E-state index is -0.832. The van der Waals surface area contributed by atoms with Gasteiger partial charge in [-0.2, -0.15) is 0 Å². The Balaban J connectivity index is 0.00000169. The van der Waals surface area contributed by atoms with Gasteiger partial charge in [-0.25, -0.2) is 4.79 Å². The number of rotatable bonds is 2. The van der Waals surface area contributed by atoms with Crippen LogP contribution in [0.5, 0.6) is 0 Å². The van der Waals surface area contributed by atoms with Gasteiger partial charge in [0, 0.05) is 18.1 Å². The van der Waals surface area contributed by atoms with Crippen LogP contribution in [0.1, 0.15) is 27.2 Å². The summed E-state index contributed by atoms with van der Waals surface area (Å²) in [6.07, 6.45) is 0.251. The van der Waals surface area contributed by atoms with Crippen LogP contribution < -0.4 is 5.32 Å². The smallest absolute Gasteiger partial charge is 0.407 e. The van der Waals surface area contributed by atoms with Crippen molar-refractivity contribution in [3.63, 3.8) is 0 Å². The third kappa shape index (κ3) is 3.35. The van der Waals surface area contributed by atoms with E-state index in [0.29, 0.717) is 12.6 Å². The quantitative estimate of drug-likeness (QED) is 0.746. The summed E-state index contributed by atoms with van der Waals surface area (Å²) >= 11 is 0. The topological polar surface area (TPSA) is 52.6 Å². The lowest BCUT2D eigenvalue weighted by atomic mass is 10.0. The van der Waals surface area contributed by atoms with E-state index in [1.165, 1.54) is 4.90 Å². The molecule has 1 heterocycles. The monoisotopic (exact) mass is 222 g/mol. The van der Waals surface area contributed by atoms with Crippen LogP contribution in [-0.4, -0.2) is 40.8 Å². The average molecular weight is 223 g/mol. The predicted molar refractivity (Wildman–Crippen MR) is 58.1 cm³/mol. The van der Waals surface area contributed by atoms with Crippen LogP contribution in [-0.2, 0) is 0 Å². The molecule has 5 heteroatoms. The fourth-order valence-corrected chi connectivity index (χ4v) is 1.36. The first kappa shape index (κ1) is 13.5. The molecule has 1 fully saturated rings. The van der Waals surface area contributed by atoms with E-state index in [1.54, 1.807) is 0 Å². The molecule has 84 valence electrons. The lowest BCUT2D eigenvalue weighted by Crippen LogP contribution is -2.56. The van der Waals surface area contributed by atoms with Gasteiger partial charge in [-0.3, -0.25) is 0 Å². The molecule has 1 rings (SSSR count). The number of carbonyl (C=O) groups is 1. The van der Waals surface area contributed by atoms with E-state index in [2.05, 4.69) is 5.32 Å².